The molecule has 2 aromatic heterocycles. The monoisotopic (exact) mass is 833 g/mol. The smallest absolute Gasteiger partial charge is 0.137 e. The molecule has 1 aliphatic rings. The van der Waals surface area contributed by atoms with E-state index in [9.17, 15) is 0 Å². The Morgan fingerprint density at radius 2 is 0.906 bits per heavy atom. The summed E-state index contributed by atoms with van der Waals surface area (Å²) in [5, 5.41) is 4.86. The number of fused-ring (bicyclic) bond motifs is 9. The number of thiophene rings is 1. The number of rotatable bonds is 7. The first-order valence-electron chi connectivity index (χ1n) is 21.9. The van der Waals surface area contributed by atoms with Gasteiger partial charge in [-0.25, -0.2) is 0 Å². The van der Waals surface area contributed by atoms with Gasteiger partial charge in [-0.3, -0.25) is 0 Å². The molecular weight excluding hydrogens is 795 g/mol. The summed E-state index contributed by atoms with van der Waals surface area (Å²) in [7, 11) is 0. The Morgan fingerprint density at radius 1 is 0.344 bits per heavy atom. The van der Waals surface area contributed by atoms with Crippen LogP contribution in [0.4, 0.5) is 17.1 Å². The van der Waals surface area contributed by atoms with Gasteiger partial charge < -0.3 is 9.32 Å². The number of para-hydroxylation sites is 1. The number of hydrogen-bond donors (Lipinski definition) is 0. The quantitative estimate of drug-likeness (QED) is 0.159. The van der Waals surface area contributed by atoms with Gasteiger partial charge in [-0.15, -0.1) is 11.3 Å². The van der Waals surface area contributed by atoms with Gasteiger partial charge >= 0.3 is 0 Å². The second-order valence-corrected chi connectivity index (χ2v) is 17.8. The van der Waals surface area contributed by atoms with Crippen molar-refractivity contribution in [2.24, 2.45) is 0 Å². The molecule has 64 heavy (non-hydrogen) atoms. The summed E-state index contributed by atoms with van der Waals surface area (Å²) in [4.78, 5) is 2.34. The van der Waals surface area contributed by atoms with E-state index in [0.29, 0.717) is 0 Å². The lowest BCUT2D eigenvalue weighted by molar-refractivity contribution is 0.669. The van der Waals surface area contributed by atoms with E-state index in [1.54, 1.807) is 0 Å². The van der Waals surface area contributed by atoms with Crippen LogP contribution < -0.4 is 4.90 Å². The molecule has 0 unspecified atom stereocenters. The number of hydrogen-bond acceptors (Lipinski definition) is 3. The van der Waals surface area contributed by atoms with Crippen molar-refractivity contribution in [3.63, 3.8) is 0 Å². The Kier molecular flexibility index (Phi) is 8.34. The minimum absolute atomic E-state index is 0.453. The lowest BCUT2D eigenvalue weighted by Crippen LogP contribution is -2.28. The number of nitrogens with zero attached hydrogens (tertiary/aromatic N) is 1. The van der Waals surface area contributed by atoms with Gasteiger partial charge in [0.2, 0.25) is 0 Å². The molecule has 2 heterocycles. The first-order valence-corrected chi connectivity index (χ1v) is 22.7. The Bertz CT molecular complexity index is 3680. The van der Waals surface area contributed by atoms with E-state index < -0.39 is 5.41 Å². The molecule has 0 spiro atoms. The van der Waals surface area contributed by atoms with Gasteiger partial charge in [0.25, 0.3) is 0 Å². The molecule has 13 rings (SSSR count). The van der Waals surface area contributed by atoms with E-state index in [4.69, 9.17) is 4.42 Å². The molecule has 3 heteroatoms. The zero-order valence-corrected chi connectivity index (χ0v) is 35.6. The maximum Gasteiger partial charge on any atom is 0.137 e. The molecule has 0 fully saturated rings. The van der Waals surface area contributed by atoms with Crippen LogP contribution >= 0.6 is 11.3 Å². The van der Waals surface area contributed by atoms with Crippen molar-refractivity contribution in [2.45, 2.75) is 5.41 Å². The second kappa shape index (κ2) is 14.6. The maximum atomic E-state index is 6.45. The highest BCUT2D eigenvalue weighted by atomic mass is 32.1. The Morgan fingerprint density at radius 3 is 1.67 bits per heavy atom. The molecule has 0 N–H and O–H groups in total. The first kappa shape index (κ1) is 36.7. The van der Waals surface area contributed by atoms with E-state index in [1.165, 1.54) is 70.2 Å². The summed E-state index contributed by atoms with van der Waals surface area (Å²) in [6.07, 6.45) is 0. The minimum Gasteiger partial charge on any atom is -0.456 e. The molecule has 0 bridgehead atoms. The maximum absolute atomic E-state index is 6.45. The second-order valence-electron chi connectivity index (χ2n) is 16.8. The molecule has 0 saturated carbocycles. The summed E-state index contributed by atoms with van der Waals surface area (Å²) in [5.41, 5.74) is 17.0. The van der Waals surface area contributed by atoms with Gasteiger partial charge in [0.05, 0.1) is 5.41 Å². The fraction of sp³-hybridized carbons (Fsp3) is 0.0164. The van der Waals surface area contributed by atoms with Gasteiger partial charge in [0, 0.05) is 54.1 Å². The summed E-state index contributed by atoms with van der Waals surface area (Å²) < 4.78 is 9.08. The number of anilines is 3. The van der Waals surface area contributed by atoms with Crippen molar-refractivity contribution >= 4 is 70.5 Å². The molecule has 0 atom stereocenters. The Balaban J connectivity index is 0.921. The molecule has 12 aromatic rings. The summed E-state index contributed by atoms with van der Waals surface area (Å²) in [6.45, 7) is 0. The predicted octanol–water partition coefficient (Wildman–Crippen LogP) is 17.1. The molecule has 2 nitrogen and oxygen atoms in total. The van der Waals surface area contributed by atoms with Crippen LogP contribution in [0.1, 0.15) is 22.3 Å². The summed E-state index contributed by atoms with van der Waals surface area (Å²) in [5.74, 6) is 0. The van der Waals surface area contributed by atoms with Crippen molar-refractivity contribution in [1.29, 1.82) is 0 Å². The van der Waals surface area contributed by atoms with Crippen molar-refractivity contribution in [3.8, 4) is 33.4 Å². The van der Waals surface area contributed by atoms with Crippen LogP contribution in [0.25, 0.3) is 75.5 Å². The van der Waals surface area contributed by atoms with E-state index >= 15 is 0 Å². The largest absolute Gasteiger partial charge is 0.456 e. The normalized spacial score (nSPS) is 12.8. The minimum atomic E-state index is -0.453. The van der Waals surface area contributed by atoms with Crippen LogP contribution in [0, 0.1) is 0 Å². The van der Waals surface area contributed by atoms with Crippen molar-refractivity contribution in [1.82, 2.24) is 0 Å². The van der Waals surface area contributed by atoms with Gasteiger partial charge in [0.15, 0.2) is 0 Å². The topological polar surface area (TPSA) is 16.4 Å². The Labute approximate surface area is 375 Å². The highest BCUT2D eigenvalue weighted by molar-refractivity contribution is 7.26. The fourth-order valence-electron chi connectivity index (χ4n) is 10.5. The molecular formula is C61H39NOS. The zero-order chi connectivity index (χ0) is 42.2. The van der Waals surface area contributed by atoms with Crippen LogP contribution in [0.5, 0.6) is 0 Å². The first-order chi connectivity index (χ1) is 31.7. The van der Waals surface area contributed by atoms with E-state index in [1.807, 2.05) is 23.5 Å². The highest BCUT2D eigenvalue weighted by Gasteiger charge is 2.45. The number of benzene rings is 10. The molecule has 0 saturated heterocycles. The van der Waals surface area contributed by atoms with Crippen LogP contribution in [0.3, 0.4) is 0 Å². The molecule has 0 aliphatic heterocycles. The average Bonchev–Trinajstić information content (AvgIpc) is 4.03. The third-order valence-corrected chi connectivity index (χ3v) is 14.6. The van der Waals surface area contributed by atoms with Crippen molar-refractivity contribution in [2.75, 3.05) is 4.90 Å². The van der Waals surface area contributed by atoms with Crippen LogP contribution in [0.15, 0.2) is 241 Å². The average molecular weight is 834 g/mol. The van der Waals surface area contributed by atoms with E-state index in [0.717, 1.165) is 44.6 Å². The van der Waals surface area contributed by atoms with E-state index in [-0.39, 0.29) is 0 Å². The van der Waals surface area contributed by atoms with E-state index in [2.05, 4.69) is 229 Å². The summed E-state index contributed by atoms with van der Waals surface area (Å²) in [6, 6.07) is 86.4. The van der Waals surface area contributed by atoms with Gasteiger partial charge in [0.1, 0.15) is 11.2 Å². The van der Waals surface area contributed by atoms with Crippen LogP contribution in [0.2, 0.25) is 0 Å². The number of furan rings is 1. The summed E-state index contributed by atoms with van der Waals surface area (Å²) >= 11 is 1.87. The van der Waals surface area contributed by atoms with Gasteiger partial charge in [-0.05, 0) is 110 Å². The molecule has 10 aromatic carbocycles. The standard InChI is InChI=1S/C61H39NOS/c1-2-15-43(16-3-1)61(55-24-8-4-18-49(55)50-19-5-9-25-56(50)61)44-17-12-14-42(38-44)40-28-32-45(33-29-40)62(47-36-37-52-51-20-6-10-26-57(51)63-58(52)39-47)46-34-30-41(31-35-46)48-22-13-23-54-53-21-7-11-27-59(53)64-60(48)54/h1-39H. The lowest BCUT2D eigenvalue weighted by atomic mass is 9.67. The predicted molar refractivity (Wildman–Crippen MR) is 269 cm³/mol. The molecule has 0 radical (unpaired) electrons. The SMILES string of the molecule is c1ccc(C2(c3cccc(-c4ccc(N(c5ccc(-c6cccc7c6sc6ccccc67)cc5)c5ccc6c(c5)oc5ccccc56)cc4)c3)c3ccccc3-c3ccccc32)cc1. The fourth-order valence-corrected chi connectivity index (χ4v) is 11.8. The zero-order valence-electron chi connectivity index (χ0n) is 34.8. The van der Waals surface area contributed by atoms with Gasteiger partial charge in [-0.2, -0.15) is 0 Å². The van der Waals surface area contributed by atoms with Gasteiger partial charge in [-0.1, -0.05) is 176 Å². The molecule has 300 valence electrons. The molecule has 1 aliphatic carbocycles. The van der Waals surface area contributed by atoms with Crippen molar-refractivity contribution < 1.29 is 4.42 Å². The molecule has 0 amide bonds. The lowest BCUT2D eigenvalue weighted by Gasteiger charge is -2.34. The van der Waals surface area contributed by atoms with Crippen LogP contribution in [-0.4, -0.2) is 0 Å². The third-order valence-electron chi connectivity index (χ3n) is 13.4. The van der Waals surface area contributed by atoms with Crippen molar-refractivity contribution in [3.05, 3.63) is 259 Å². The highest BCUT2D eigenvalue weighted by Crippen LogP contribution is 2.56. The van der Waals surface area contributed by atoms with Crippen LogP contribution in [-0.2, 0) is 5.41 Å². The third kappa shape index (κ3) is 5.58. The Hall–Kier alpha value is -7.98.